The van der Waals surface area contributed by atoms with Crippen molar-refractivity contribution in [1.29, 1.82) is 5.41 Å². The van der Waals surface area contributed by atoms with E-state index in [0.29, 0.717) is 5.57 Å². The Bertz CT molecular complexity index is 302. The number of hydrogen-bond donors (Lipinski definition) is 3. The Balaban J connectivity index is 3.05. The molecule has 0 amide bonds. The van der Waals surface area contributed by atoms with Gasteiger partial charge in [0.2, 0.25) is 0 Å². The van der Waals surface area contributed by atoms with E-state index in [1.807, 2.05) is 0 Å². The fraction of sp³-hybridized carbons (Fsp3) is 0. The molecule has 1 aromatic rings. The first-order valence-corrected chi connectivity index (χ1v) is 3.42. The van der Waals surface area contributed by atoms with Gasteiger partial charge in [-0.1, -0.05) is 6.07 Å². The van der Waals surface area contributed by atoms with Crippen LogP contribution < -0.4 is 11.5 Å². The maximum atomic E-state index is 7.19. The molecule has 0 saturated heterocycles. The van der Waals surface area contributed by atoms with Gasteiger partial charge in [-0.15, -0.1) is 0 Å². The molecule has 0 fully saturated rings. The van der Waals surface area contributed by atoms with Crippen LogP contribution in [0.4, 0.5) is 0 Å². The maximum Gasteiger partial charge on any atom is 0.124 e. The normalized spacial score (nSPS) is 11.2. The molecule has 0 aliphatic carbocycles. The number of hydrogen-bond acceptors (Lipinski definition) is 3. The zero-order chi connectivity index (χ0) is 8.97. The zero-order valence-corrected chi connectivity index (χ0v) is 6.49. The predicted octanol–water partition coefficient (Wildman–Crippen LogP) is 0.317. The van der Waals surface area contributed by atoms with E-state index in [2.05, 4.69) is 4.98 Å². The van der Waals surface area contributed by atoms with Crippen molar-refractivity contribution >= 4 is 11.4 Å². The molecular formula is C8H10N4. The monoisotopic (exact) mass is 162 g/mol. The predicted molar refractivity (Wildman–Crippen MR) is 48.3 cm³/mol. The third kappa shape index (κ3) is 1.60. The fourth-order valence-corrected chi connectivity index (χ4v) is 0.864. The Hall–Kier alpha value is -1.84. The minimum absolute atomic E-state index is 0.0505. The highest BCUT2D eigenvalue weighted by molar-refractivity contribution is 6.20. The topological polar surface area (TPSA) is 88.8 Å². The molecule has 0 bridgehead atoms. The summed E-state index contributed by atoms with van der Waals surface area (Å²) in [6.07, 6.45) is 4.57. The van der Waals surface area contributed by atoms with Crippen LogP contribution in [-0.2, 0) is 0 Å². The van der Waals surface area contributed by atoms with Crippen molar-refractivity contribution in [3.63, 3.8) is 0 Å². The van der Waals surface area contributed by atoms with Crippen molar-refractivity contribution in [3.8, 4) is 0 Å². The highest BCUT2D eigenvalue weighted by Crippen LogP contribution is 2.09. The molecule has 5 N–H and O–H groups in total. The first-order valence-electron chi connectivity index (χ1n) is 3.42. The summed E-state index contributed by atoms with van der Waals surface area (Å²) in [6, 6.07) is 3.56. The summed E-state index contributed by atoms with van der Waals surface area (Å²) < 4.78 is 0. The number of nitrogens with two attached hydrogens (primary N) is 2. The Labute approximate surface area is 70.4 Å². The van der Waals surface area contributed by atoms with Gasteiger partial charge in [-0.05, 0) is 6.07 Å². The van der Waals surface area contributed by atoms with Crippen molar-refractivity contribution < 1.29 is 0 Å². The maximum absolute atomic E-state index is 7.19. The fourth-order valence-electron chi connectivity index (χ4n) is 0.864. The number of pyridine rings is 1. The van der Waals surface area contributed by atoms with Crippen LogP contribution in [0.2, 0.25) is 0 Å². The molecular weight excluding hydrogens is 152 g/mol. The number of nitrogens with one attached hydrogen (secondary N) is 1. The summed E-state index contributed by atoms with van der Waals surface area (Å²) in [5.41, 5.74) is 11.8. The van der Waals surface area contributed by atoms with Crippen LogP contribution >= 0.6 is 0 Å². The van der Waals surface area contributed by atoms with Crippen LogP contribution in [-0.4, -0.2) is 10.8 Å². The SMILES string of the molecule is N=C(N)/C(=C\N)c1cccnc1. The van der Waals surface area contributed by atoms with Crippen LogP contribution in [0.5, 0.6) is 0 Å². The average molecular weight is 162 g/mol. The van der Waals surface area contributed by atoms with Crippen molar-refractivity contribution in [2.24, 2.45) is 11.5 Å². The van der Waals surface area contributed by atoms with Crippen LogP contribution in [0.15, 0.2) is 30.7 Å². The minimum atomic E-state index is -0.0505. The summed E-state index contributed by atoms with van der Waals surface area (Å²) in [7, 11) is 0. The van der Waals surface area contributed by atoms with Crippen LogP contribution in [0, 0.1) is 5.41 Å². The Kier molecular flexibility index (Phi) is 2.42. The van der Waals surface area contributed by atoms with Crippen molar-refractivity contribution in [1.82, 2.24) is 4.98 Å². The van der Waals surface area contributed by atoms with Gasteiger partial charge >= 0.3 is 0 Å². The largest absolute Gasteiger partial charge is 0.404 e. The standard InChI is InChI=1S/C8H10N4/c9-4-7(8(10)11)6-2-1-3-12-5-6/h1-5H,9H2,(H3,10,11)/b7-4-. The first kappa shape index (κ1) is 8.26. The molecule has 12 heavy (non-hydrogen) atoms. The molecule has 4 heteroatoms. The minimum Gasteiger partial charge on any atom is -0.404 e. The summed E-state index contributed by atoms with van der Waals surface area (Å²) in [5, 5.41) is 7.19. The molecule has 1 rings (SSSR count). The third-order valence-corrected chi connectivity index (χ3v) is 1.43. The Morgan fingerprint density at radius 1 is 1.58 bits per heavy atom. The summed E-state index contributed by atoms with van der Waals surface area (Å²) in [4.78, 5) is 3.89. The van der Waals surface area contributed by atoms with Gasteiger partial charge in [0.15, 0.2) is 0 Å². The van der Waals surface area contributed by atoms with E-state index in [1.165, 1.54) is 6.20 Å². The van der Waals surface area contributed by atoms with Crippen molar-refractivity contribution in [2.45, 2.75) is 0 Å². The first-order chi connectivity index (χ1) is 5.75. The van der Waals surface area contributed by atoms with Gasteiger partial charge in [0.1, 0.15) is 5.84 Å². The smallest absolute Gasteiger partial charge is 0.124 e. The van der Waals surface area contributed by atoms with E-state index in [9.17, 15) is 0 Å². The molecule has 0 spiro atoms. The van der Waals surface area contributed by atoms with Crippen molar-refractivity contribution in [3.05, 3.63) is 36.3 Å². The molecule has 0 aromatic carbocycles. The lowest BCUT2D eigenvalue weighted by atomic mass is 10.1. The Morgan fingerprint density at radius 3 is 2.75 bits per heavy atom. The summed E-state index contributed by atoms with van der Waals surface area (Å²) in [5.74, 6) is -0.0505. The lowest BCUT2D eigenvalue weighted by Crippen LogP contribution is -2.13. The van der Waals surface area contributed by atoms with Gasteiger partial charge in [-0.2, -0.15) is 0 Å². The van der Waals surface area contributed by atoms with E-state index in [1.54, 1.807) is 24.5 Å². The highest BCUT2D eigenvalue weighted by Gasteiger charge is 2.02. The van der Waals surface area contributed by atoms with Gasteiger partial charge in [-0.3, -0.25) is 10.4 Å². The van der Waals surface area contributed by atoms with E-state index in [-0.39, 0.29) is 5.84 Å². The van der Waals surface area contributed by atoms with Crippen molar-refractivity contribution in [2.75, 3.05) is 0 Å². The third-order valence-electron chi connectivity index (χ3n) is 1.43. The quantitative estimate of drug-likeness (QED) is 0.432. The van der Waals surface area contributed by atoms with E-state index in [0.717, 1.165) is 5.56 Å². The number of rotatable bonds is 2. The summed E-state index contributed by atoms with van der Waals surface area (Å²) in [6.45, 7) is 0. The van der Waals surface area contributed by atoms with E-state index >= 15 is 0 Å². The van der Waals surface area contributed by atoms with Gasteiger partial charge < -0.3 is 11.5 Å². The highest BCUT2D eigenvalue weighted by atomic mass is 14.7. The molecule has 0 saturated carbocycles. The van der Waals surface area contributed by atoms with E-state index in [4.69, 9.17) is 16.9 Å². The lowest BCUT2D eigenvalue weighted by Gasteiger charge is -2.02. The molecule has 0 aliphatic heterocycles. The van der Waals surface area contributed by atoms with Gasteiger partial charge in [0.05, 0.1) is 0 Å². The van der Waals surface area contributed by atoms with Crippen LogP contribution in [0.25, 0.3) is 5.57 Å². The van der Waals surface area contributed by atoms with Crippen LogP contribution in [0.3, 0.4) is 0 Å². The number of aromatic nitrogens is 1. The second-order valence-electron chi connectivity index (χ2n) is 2.24. The zero-order valence-electron chi connectivity index (χ0n) is 6.49. The molecule has 1 aromatic heterocycles. The second-order valence-corrected chi connectivity index (χ2v) is 2.24. The number of nitrogens with zero attached hydrogens (tertiary/aromatic N) is 1. The van der Waals surface area contributed by atoms with E-state index < -0.39 is 0 Å². The van der Waals surface area contributed by atoms with Gasteiger partial charge in [0, 0.05) is 29.7 Å². The Morgan fingerprint density at radius 2 is 2.33 bits per heavy atom. The second kappa shape index (κ2) is 3.52. The average Bonchev–Trinajstić information content (AvgIpc) is 2.07. The molecule has 0 radical (unpaired) electrons. The molecule has 1 heterocycles. The molecule has 0 aliphatic rings. The molecule has 0 atom stereocenters. The lowest BCUT2D eigenvalue weighted by molar-refractivity contribution is 1.31. The van der Waals surface area contributed by atoms with Gasteiger partial charge in [0.25, 0.3) is 0 Å². The molecule has 4 nitrogen and oxygen atoms in total. The summed E-state index contributed by atoms with van der Waals surface area (Å²) >= 11 is 0. The molecule has 62 valence electrons. The van der Waals surface area contributed by atoms with Gasteiger partial charge in [-0.25, -0.2) is 0 Å². The number of amidine groups is 1. The van der Waals surface area contributed by atoms with Crippen LogP contribution in [0.1, 0.15) is 5.56 Å². The molecule has 0 unspecified atom stereocenters.